The summed E-state index contributed by atoms with van der Waals surface area (Å²) >= 11 is 3.72. The van der Waals surface area contributed by atoms with Crippen LogP contribution >= 0.6 is 22.7 Å². The molecule has 0 atom stereocenters. The Morgan fingerprint density at radius 2 is 0.594 bits per heavy atom. The second kappa shape index (κ2) is 21.8. The Morgan fingerprint density at radius 1 is 0.260 bits per heavy atom. The van der Waals surface area contributed by atoms with Crippen molar-refractivity contribution in [1.82, 2.24) is 14.5 Å². The molecule has 96 heavy (non-hydrogen) atoms. The Morgan fingerprint density at radius 3 is 1.00 bits per heavy atom. The molecule has 20 rings (SSSR count). The van der Waals surface area contributed by atoms with E-state index >= 15 is 0 Å². The number of fused-ring (bicyclic) bond motifs is 13. The lowest BCUT2D eigenvalue weighted by Crippen LogP contribution is -2.61. The van der Waals surface area contributed by atoms with Crippen molar-refractivity contribution in [2.75, 3.05) is 9.80 Å². The molecule has 446 valence electrons. The van der Waals surface area contributed by atoms with Gasteiger partial charge in [0.1, 0.15) is 0 Å². The summed E-state index contributed by atoms with van der Waals surface area (Å²) in [5.74, 6) is 0. The summed E-state index contributed by atoms with van der Waals surface area (Å²) in [6.45, 7) is -0.291. The first kappa shape index (κ1) is 54.6. The molecule has 18 aromatic rings. The van der Waals surface area contributed by atoms with Crippen LogP contribution in [-0.2, 0) is 0 Å². The van der Waals surface area contributed by atoms with Gasteiger partial charge in [-0.3, -0.25) is 9.97 Å². The second-order valence-corrected chi connectivity index (χ2v) is 27.3. The van der Waals surface area contributed by atoms with Gasteiger partial charge in [-0.1, -0.05) is 231 Å². The van der Waals surface area contributed by atoms with Gasteiger partial charge >= 0.3 is 0 Å². The molecular formula is C88H54BN5S2. The van der Waals surface area contributed by atoms with Gasteiger partial charge in [0, 0.05) is 121 Å². The summed E-state index contributed by atoms with van der Waals surface area (Å²) < 4.78 is 7.65. The lowest BCUT2D eigenvalue weighted by molar-refractivity contribution is 1.16. The monoisotopic (exact) mass is 1260 g/mol. The fraction of sp³-hybridized carbons (Fsp3) is 0. The molecule has 5 nitrogen and oxygen atoms in total. The van der Waals surface area contributed by atoms with Crippen molar-refractivity contribution in [3.8, 4) is 72.4 Å². The average Bonchev–Trinajstić information content (AvgIpc) is 0.768. The molecule has 5 aromatic heterocycles. The van der Waals surface area contributed by atoms with Gasteiger partial charge in [-0.05, 0) is 134 Å². The number of para-hydroxylation sites is 2. The molecule has 0 saturated carbocycles. The minimum Gasteiger partial charge on any atom is -0.310 e. The molecule has 2 aliphatic rings. The van der Waals surface area contributed by atoms with Gasteiger partial charge < -0.3 is 14.4 Å². The highest BCUT2D eigenvalue weighted by Crippen LogP contribution is 2.54. The van der Waals surface area contributed by atoms with Gasteiger partial charge in [0.15, 0.2) is 0 Å². The third-order valence-corrected chi connectivity index (χ3v) is 22.2. The third kappa shape index (κ3) is 8.49. The Balaban J connectivity index is 0.964. The topological polar surface area (TPSA) is 37.2 Å². The Kier molecular flexibility index (Phi) is 12.4. The first-order chi connectivity index (χ1) is 47.6. The van der Waals surface area contributed by atoms with Gasteiger partial charge in [0.2, 0.25) is 0 Å². The zero-order valence-corrected chi connectivity index (χ0v) is 53.4. The predicted octanol–water partition coefficient (Wildman–Crippen LogP) is 22.4. The summed E-state index contributed by atoms with van der Waals surface area (Å²) in [5.41, 5.74) is 26.4. The van der Waals surface area contributed by atoms with E-state index < -0.39 is 0 Å². The molecule has 0 spiro atoms. The smallest absolute Gasteiger partial charge is 0.252 e. The fourth-order valence-corrected chi connectivity index (χ4v) is 17.9. The van der Waals surface area contributed by atoms with Crippen LogP contribution in [0.2, 0.25) is 0 Å². The number of hydrogen-bond acceptors (Lipinski definition) is 6. The maximum absolute atomic E-state index is 5.17. The van der Waals surface area contributed by atoms with E-state index in [0.717, 1.165) is 106 Å². The molecule has 13 aromatic carbocycles. The average molecular weight is 1260 g/mol. The molecular weight excluding hydrogens is 1200 g/mol. The van der Waals surface area contributed by atoms with Gasteiger partial charge in [-0.25, -0.2) is 0 Å². The second-order valence-electron chi connectivity index (χ2n) is 25.2. The van der Waals surface area contributed by atoms with Gasteiger partial charge in [-0.15, -0.1) is 22.7 Å². The number of nitrogens with zero attached hydrogens (tertiary/aromatic N) is 5. The molecule has 0 fully saturated rings. The summed E-state index contributed by atoms with van der Waals surface area (Å²) in [7, 11) is 0. The SMILES string of the molecule is c1ccc(-c2cncc(-c3ccccc3)c2N2c3ccc(-c4ccc5sc6ccccc6c5c4)cc3B3c4cc(-c5ccc6sc7ccccc7c6c5)ccc4N(c4c(-c5ccccc5)cncc4-c4ccccc4)c4cc(-n5c6ccccc6c6ccccc65)cc2c43)cc1. The zero-order chi connectivity index (χ0) is 63.0. The van der Waals surface area contributed by atoms with Crippen LogP contribution in [0.5, 0.6) is 0 Å². The van der Waals surface area contributed by atoms with Gasteiger partial charge in [0.05, 0.1) is 28.1 Å². The van der Waals surface area contributed by atoms with Crippen molar-refractivity contribution < 1.29 is 0 Å². The molecule has 7 heterocycles. The highest BCUT2D eigenvalue weighted by atomic mass is 32.1. The maximum Gasteiger partial charge on any atom is 0.252 e. The van der Waals surface area contributed by atoms with Crippen LogP contribution in [0.25, 0.3) is 135 Å². The molecule has 0 aliphatic carbocycles. The first-order valence-corrected chi connectivity index (χ1v) is 34.3. The van der Waals surface area contributed by atoms with Crippen LogP contribution in [-0.4, -0.2) is 21.2 Å². The minimum absolute atomic E-state index is 0.291. The lowest BCUT2D eigenvalue weighted by atomic mass is 9.33. The molecule has 0 N–H and O–H groups in total. The molecule has 0 saturated heterocycles. The van der Waals surface area contributed by atoms with E-state index in [2.05, 4.69) is 342 Å². The van der Waals surface area contributed by atoms with Gasteiger partial charge in [0.25, 0.3) is 6.71 Å². The van der Waals surface area contributed by atoms with Crippen molar-refractivity contribution in [1.29, 1.82) is 0 Å². The fourth-order valence-electron chi connectivity index (χ4n) is 15.7. The van der Waals surface area contributed by atoms with Gasteiger partial charge in [-0.2, -0.15) is 0 Å². The van der Waals surface area contributed by atoms with E-state index in [1.165, 1.54) is 78.6 Å². The number of aromatic nitrogens is 3. The van der Waals surface area contributed by atoms with Crippen molar-refractivity contribution in [3.63, 3.8) is 0 Å². The Bertz CT molecular complexity index is 5690. The highest BCUT2D eigenvalue weighted by Gasteiger charge is 2.46. The van der Waals surface area contributed by atoms with Crippen LogP contribution in [0.4, 0.5) is 34.1 Å². The van der Waals surface area contributed by atoms with Crippen molar-refractivity contribution >= 4 is 142 Å². The highest BCUT2D eigenvalue weighted by molar-refractivity contribution is 7.26. The van der Waals surface area contributed by atoms with Crippen molar-refractivity contribution in [2.45, 2.75) is 0 Å². The number of benzene rings is 13. The van der Waals surface area contributed by atoms with Crippen molar-refractivity contribution in [3.05, 3.63) is 328 Å². The summed E-state index contributed by atoms with van der Waals surface area (Å²) in [4.78, 5) is 15.6. The van der Waals surface area contributed by atoms with Crippen LogP contribution in [0.15, 0.2) is 328 Å². The van der Waals surface area contributed by atoms with E-state index in [1.54, 1.807) is 0 Å². The molecule has 0 radical (unpaired) electrons. The number of pyridine rings is 2. The first-order valence-electron chi connectivity index (χ1n) is 32.7. The van der Waals surface area contributed by atoms with Crippen molar-refractivity contribution in [2.24, 2.45) is 0 Å². The molecule has 0 amide bonds. The number of hydrogen-bond donors (Lipinski definition) is 0. The summed E-state index contributed by atoms with van der Waals surface area (Å²) in [6, 6.07) is 113. The Labute approximate surface area is 563 Å². The van der Waals surface area contributed by atoms with Crippen LogP contribution in [0.1, 0.15) is 0 Å². The molecule has 2 aliphatic heterocycles. The van der Waals surface area contributed by atoms with E-state index in [4.69, 9.17) is 9.97 Å². The van der Waals surface area contributed by atoms with E-state index in [-0.39, 0.29) is 6.71 Å². The molecule has 0 bridgehead atoms. The maximum atomic E-state index is 5.17. The molecule has 0 unspecified atom stereocenters. The van der Waals surface area contributed by atoms with Crippen LogP contribution in [0.3, 0.4) is 0 Å². The normalized spacial score (nSPS) is 12.5. The van der Waals surface area contributed by atoms with Crippen LogP contribution in [0, 0.1) is 0 Å². The Hall–Kier alpha value is -11.9. The number of thiophene rings is 2. The van der Waals surface area contributed by atoms with E-state index in [0.29, 0.717) is 0 Å². The molecule has 8 heteroatoms. The number of anilines is 6. The van der Waals surface area contributed by atoms with Crippen LogP contribution < -0.4 is 26.2 Å². The summed E-state index contributed by atoms with van der Waals surface area (Å²) in [6.07, 6.45) is 8.32. The summed E-state index contributed by atoms with van der Waals surface area (Å²) in [5, 5.41) is 7.50. The van der Waals surface area contributed by atoms with E-state index in [1.807, 2.05) is 22.7 Å². The lowest BCUT2D eigenvalue weighted by Gasteiger charge is -2.46. The zero-order valence-electron chi connectivity index (χ0n) is 51.8. The third-order valence-electron chi connectivity index (χ3n) is 19.9. The quantitative estimate of drug-likeness (QED) is 0.135. The van der Waals surface area contributed by atoms with E-state index in [9.17, 15) is 0 Å². The standard InChI is InChI=1S/C88H54BN5S2/c1-5-21-55(22-6-1)70-51-90-52-71(56-23-7-2-8-24-56)87(70)93-78-41-37-61(59-39-43-84-68(45-59)66-31-15-19-35-82(66)95-84)47-74(78)89-75-48-62(60-40-44-85-69(46-60)67-32-16-20-36-83(67)96-85)38-42-79(75)94(88-72(57-25-9-3-10-26-57)53-91-54-73(88)58-27-11-4-12-28-58)81-50-63(49-80(93)86(81)89)92-76-33-17-13-29-64(76)65-30-14-18-34-77(65)92/h1-54H. The minimum atomic E-state index is -0.291. The predicted molar refractivity (Wildman–Crippen MR) is 409 cm³/mol. The largest absolute Gasteiger partial charge is 0.310 e. The number of rotatable bonds is 9.